The highest BCUT2D eigenvalue weighted by molar-refractivity contribution is 5.74. The molecule has 9 aliphatic carbocycles. The third-order valence-electron chi connectivity index (χ3n) is 13.9. The van der Waals surface area contributed by atoms with Gasteiger partial charge in [0.25, 0.3) is 0 Å². The van der Waals surface area contributed by atoms with Crippen LogP contribution >= 0.6 is 0 Å². The van der Waals surface area contributed by atoms with Crippen LogP contribution in [-0.4, -0.2) is 0 Å². The molecule has 0 amide bonds. The molecule has 4 spiro atoms. The fourth-order valence-electron chi connectivity index (χ4n) is 15.1. The predicted molar refractivity (Wildman–Crippen MR) is 74.4 cm³/mol. The van der Waals surface area contributed by atoms with E-state index in [2.05, 4.69) is 27.7 Å². The fraction of sp³-hybridized carbons (Fsp3) is 1.00. The Bertz CT molecular complexity index is 648. The smallest absolute Gasteiger partial charge is 0.00633 e. The van der Waals surface area contributed by atoms with Crippen molar-refractivity contribution < 1.29 is 0 Å². The molecule has 0 aromatic heterocycles. The summed E-state index contributed by atoms with van der Waals surface area (Å²) in [5.41, 5.74) is 5.42. The lowest BCUT2D eigenvalue weighted by Gasteiger charge is -3.30. The Kier molecular flexibility index (Phi) is 0.737. The van der Waals surface area contributed by atoms with Gasteiger partial charge in [0.2, 0.25) is 0 Å². The highest BCUT2D eigenvalue weighted by Gasteiger charge is 3.28. The monoisotopic (exact) mass is 264 g/mol. The summed E-state index contributed by atoms with van der Waals surface area (Å²) in [6.45, 7) is 10.9. The second-order valence-corrected chi connectivity index (χ2v) is 11.3. The van der Waals surface area contributed by atoms with Crippen LogP contribution in [0.15, 0.2) is 0 Å². The summed E-state index contributed by atoms with van der Waals surface area (Å²) in [6.07, 6.45) is 3.36. The average molecular weight is 264 g/mol. The Morgan fingerprint density at radius 1 is 0.650 bits per heavy atom. The molecule has 9 aliphatic rings. The van der Waals surface area contributed by atoms with Crippen molar-refractivity contribution in [2.24, 2.45) is 79.8 Å². The highest BCUT2D eigenvalue weighted by Crippen LogP contribution is 3.31. The van der Waals surface area contributed by atoms with E-state index in [1.165, 1.54) is 35.5 Å². The van der Waals surface area contributed by atoms with E-state index in [9.17, 15) is 0 Å². The molecule has 0 nitrogen and oxygen atoms in total. The largest absolute Gasteiger partial charge is 0.0616 e. The van der Waals surface area contributed by atoms with Crippen LogP contribution in [-0.2, 0) is 0 Å². The van der Waals surface area contributed by atoms with Crippen molar-refractivity contribution in [3.05, 3.63) is 0 Å². The first-order valence-electron chi connectivity index (χ1n) is 9.51. The van der Waals surface area contributed by atoms with E-state index in [4.69, 9.17) is 0 Å². The zero-order valence-corrected chi connectivity index (χ0v) is 13.0. The van der Waals surface area contributed by atoms with Crippen molar-refractivity contribution in [1.29, 1.82) is 0 Å². The van der Waals surface area contributed by atoms with Gasteiger partial charge >= 0.3 is 0 Å². The SMILES string of the molecule is CC1C2C3CC4C5CC6C7C(C)C8(C)C1(C)C21C43C56C781. The highest BCUT2D eigenvalue weighted by atomic mass is 15.3. The Labute approximate surface area is 121 Å². The molecule has 0 saturated heterocycles. The maximum Gasteiger partial charge on any atom is -0.00633 e. The topological polar surface area (TPSA) is 0 Å². The summed E-state index contributed by atoms with van der Waals surface area (Å²) in [6, 6.07) is 0. The summed E-state index contributed by atoms with van der Waals surface area (Å²) in [5, 5.41) is 0. The fourth-order valence-corrected chi connectivity index (χ4v) is 15.1. The van der Waals surface area contributed by atoms with Gasteiger partial charge in [0.05, 0.1) is 0 Å². The van der Waals surface area contributed by atoms with Gasteiger partial charge in [0, 0.05) is 0 Å². The van der Waals surface area contributed by atoms with Crippen LogP contribution in [0.3, 0.4) is 0 Å². The lowest BCUT2D eigenvalue weighted by Crippen LogP contribution is -3.28. The van der Waals surface area contributed by atoms with Gasteiger partial charge in [-0.1, -0.05) is 27.7 Å². The molecule has 0 heteroatoms. The Morgan fingerprint density at radius 3 is 1.45 bits per heavy atom. The van der Waals surface area contributed by atoms with E-state index in [1.54, 1.807) is 12.8 Å². The molecule has 9 fully saturated rings. The number of hydrogen-bond donors (Lipinski definition) is 0. The van der Waals surface area contributed by atoms with Gasteiger partial charge in [-0.25, -0.2) is 0 Å². The van der Waals surface area contributed by atoms with Crippen molar-refractivity contribution in [1.82, 2.24) is 0 Å². The minimum Gasteiger partial charge on any atom is -0.0616 e. The van der Waals surface area contributed by atoms with Gasteiger partial charge in [0.15, 0.2) is 0 Å². The summed E-state index contributed by atoms with van der Waals surface area (Å²) < 4.78 is 0. The van der Waals surface area contributed by atoms with Crippen LogP contribution in [0.5, 0.6) is 0 Å². The normalized spacial score (nSPS) is 104. The standard InChI is InChI=1S/C20H24/c1-7-13-11-5-9-10-6-12-14-8(2)16(4)15(7,3)19(13)17(9,11)18(10,12)20(14,16)19/h7-14H,5-6H2,1-4H3. The van der Waals surface area contributed by atoms with Crippen LogP contribution < -0.4 is 0 Å². The van der Waals surface area contributed by atoms with Crippen LogP contribution in [0.25, 0.3) is 0 Å². The van der Waals surface area contributed by atoms with E-state index in [1.807, 2.05) is 0 Å². The lowest BCUT2D eigenvalue weighted by molar-refractivity contribution is -0.848. The summed E-state index contributed by atoms with van der Waals surface area (Å²) >= 11 is 0. The minimum atomic E-state index is 0.770. The van der Waals surface area contributed by atoms with Crippen LogP contribution in [0.2, 0.25) is 0 Å². The lowest BCUT2D eigenvalue weighted by atomic mass is 8.73. The average Bonchev–Trinajstić information content (AvgIpc) is 2.37. The van der Waals surface area contributed by atoms with Gasteiger partial charge in [-0.2, -0.15) is 0 Å². The van der Waals surface area contributed by atoms with Gasteiger partial charge in [-0.3, -0.25) is 0 Å². The third kappa shape index (κ3) is 0.269. The molecule has 20 heavy (non-hydrogen) atoms. The quantitative estimate of drug-likeness (QED) is 0.624. The number of rotatable bonds is 0. The molecule has 0 aliphatic heterocycles. The maximum atomic E-state index is 2.78. The predicted octanol–water partition coefficient (Wildman–Crippen LogP) is 3.82. The Morgan fingerprint density at radius 2 is 1.05 bits per heavy atom. The molecule has 14 unspecified atom stereocenters. The van der Waals surface area contributed by atoms with Gasteiger partial charge < -0.3 is 0 Å². The zero-order chi connectivity index (χ0) is 13.0. The van der Waals surface area contributed by atoms with E-state index < -0.39 is 0 Å². The van der Waals surface area contributed by atoms with Crippen molar-refractivity contribution in [3.63, 3.8) is 0 Å². The number of fused-ring (bicyclic) bond motifs is 4. The second-order valence-electron chi connectivity index (χ2n) is 11.3. The van der Waals surface area contributed by atoms with E-state index >= 15 is 0 Å². The molecule has 14 atom stereocenters. The molecular weight excluding hydrogens is 240 g/mol. The van der Waals surface area contributed by atoms with Crippen molar-refractivity contribution in [2.75, 3.05) is 0 Å². The van der Waals surface area contributed by atoms with Gasteiger partial charge in [0.1, 0.15) is 0 Å². The van der Waals surface area contributed by atoms with Crippen LogP contribution in [0.1, 0.15) is 40.5 Å². The first-order chi connectivity index (χ1) is 9.51. The van der Waals surface area contributed by atoms with Crippen LogP contribution in [0, 0.1) is 79.8 Å². The van der Waals surface area contributed by atoms with E-state index in [-0.39, 0.29) is 0 Å². The summed E-state index contributed by atoms with van der Waals surface area (Å²) in [5.74, 6) is 9.52. The van der Waals surface area contributed by atoms with Gasteiger partial charge in [-0.15, -0.1) is 0 Å². The summed E-state index contributed by atoms with van der Waals surface area (Å²) in [4.78, 5) is 0. The molecule has 0 N–H and O–H groups in total. The van der Waals surface area contributed by atoms with Crippen LogP contribution in [0.4, 0.5) is 0 Å². The second kappa shape index (κ2) is 1.60. The number of hydrogen-bond acceptors (Lipinski definition) is 0. The molecule has 9 saturated carbocycles. The summed E-state index contributed by atoms with van der Waals surface area (Å²) in [7, 11) is 0. The molecular formula is C20H24. The first-order valence-corrected chi connectivity index (χ1v) is 9.51. The minimum absolute atomic E-state index is 0.770. The Balaban J connectivity index is 1.46. The van der Waals surface area contributed by atoms with Gasteiger partial charge in [-0.05, 0) is 92.7 Å². The maximum absolute atomic E-state index is 2.78. The van der Waals surface area contributed by atoms with Crippen molar-refractivity contribution in [3.8, 4) is 0 Å². The molecule has 0 radical (unpaired) electrons. The Hall–Kier alpha value is 0. The van der Waals surface area contributed by atoms with Crippen molar-refractivity contribution >= 4 is 0 Å². The third-order valence-corrected chi connectivity index (χ3v) is 13.9. The zero-order valence-electron chi connectivity index (χ0n) is 13.0. The van der Waals surface area contributed by atoms with E-state index in [0.717, 1.165) is 44.3 Å². The molecule has 0 heterocycles. The molecule has 0 bridgehead atoms. The van der Waals surface area contributed by atoms with E-state index in [0.29, 0.717) is 0 Å². The molecule has 104 valence electrons. The molecule has 0 aromatic rings. The molecule has 9 rings (SSSR count). The molecule has 0 aromatic carbocycles. The first kappa shape index (κ1) is 9.21. The van der Waals surface area contributed by atoms with Crippen molar-refractivity contribution in [2.45, 2.75) is 40.5 Å².